The van der Waals surface area contributed by atoms with Gasteiger partial charge in [0, 0.05) is 18.4 Å². The molecule has 106 valence electrons. The van der Waals surface area contributed by atoms with Crippen LogP contribution in [0.2, 0.25) is 0 Å². The van der Waals surface area contributed by atoms with E-state index in [1.807, 2.05) is 23.0 Å². The molecule has 0 aliphatic rings. The van der Waals surface area contributed by atoms with Crippen LogP contribution in [0.3, 0.4) is 0 Å². The van der Waals surface area contributed by atoms with Crippen molar-refractivity contribution in [2.75, 3.05) is 11.9 Å². The first-order chi connectivity index (χ1) is 9.67. The molecule has 0 saturated heterocycles. The number of anilines is 1. The number of rotatable bonds is 5. The van der Waals surface area contributed by atoms with Gasteiger partial charge in [0.2, 0.25) is 0 Å². The van der Waals surface area contributed by atoms with Crippen LogP contribution < -0.4 is 10.6 Å². The Morgan fingerprint density at radius 2 is 2.10 bits per heavy atom. The summed E-state index contributed by atoms with van der Waals surface area (Å²) in [5, 5.41) is 11.1. The molecule has 4 nitrogen and oxygen atoms in total. The van der Waals surface area contributed by atoms with Gasteiger partial charge in [0.25, 0.3) is 0 Å². The van der Waals surface area contributed by atoms with Crippen molar-refractivity contribution in [2.24, 2.45) is 0 Å². The van der Waals surface area contributed by atoms with Gasteiger partial charge in [0.05, 0.1) is 17.2 Å². The quantitative estimate of drug-likeness (QED) is 0.811. The highest BCUT2D eigenvalue weighted by molar-refractivity contribution is 9.10. The van der Waals surface area contributed by atoms with Gasteiger partial charge in [-0.15, -0.1) is 0 Å². The molecule has 1 heterocycles. The van der Waals surface area contributed by atoms with Gasteiger partial charge in [-0.05, 0) is 52.3 Å². The van der Waals surface area contributed by atoms with Crippen molar-refractivity contribution in [2.45, 2.75) is 19.9 Å². The van der Waals surface area contributed by atoms with E-state index in [2.05, 4.69) is 50.7 Å². The minimum Gasteiger partial charge on any atom is -0.361 e. The Hall–Kier alpha value is -1.40. The molecule has 0 aliphatic carbocycles. The van der Waals surface area contributed by atoms with E-state index in [1.54, 1.807) is 6.20 Å². The number of aryl methyl sites for hydroxylation is 1. The van der Waals surface area contributed by atoms with Crippen molar-refractivity contribution >= 4 is 38.9 Å². The minimum atomic E-state index is 0.625. The number of aromatic nitrogens is 2. The van der Waals surface area contributed by atoms with Crippen molar-refractivity contribution < 1.29 is 0 Å². The van der Waals surface area contributed by atoms with Crippen LogP contribution >= 0.6 is 28.1 Å². The summed E-state index contributed by atoms with van der Waals surface area (Å²) in [7, 11) is 0. The molecule has 2 rings (SSSR count). The molecule has 0 fully saturated rings. The van der Waals surface area contributed by atoms with E-state index in [0.29, 0.717) is 5.11 Å². The van der Waals surface area contributed by atoms with E-state index < -0.39 is 0 Å². The second-order valence-corrected chi connectivity index (χ2v) is 5.68. The topological polar surface area (TPSA) is 41.9 Å². The maximum atomic E-state index is 5.26. The van der Waals surface area contributed by atoms with E-state index in [9.17, 15) is 0 Å². The number of hydrogen-bond donors (Lipinski definition) is 2. The Kier molecular flexibility index (Phi) is 5.55. The summed E-state index contributed by atoms with van der Waals surface area (Å²) in [6, 6.07) is 8.29. The third-order valence-electron chi connectivity index (χ3n) is 2.85. The molecule has 2 N–H and O–H groups in total. The number of nitrogens with zero attached hydrogens (tertiary/aromatic N) is 2. The van der Waals surface area contributed by atoms with E-state index in [4.69, 9.17) is 12.2 Å². The van der Waals surface area contributed by atoms with Crippen LogP contribution in [0.1, 0.15) is 12.5 Å². The third-order valence-corrected chi connectivity index (χ3v) is 3.50. The summed E-state index contributed by atoms with van der Waals surface area (Å²) in [5.74, 6) is 0. The summed E-state index contributed by atoms with van der Waals surface area (Å²) >= 11 is 8.62. The van der Waals surface area contributed by atoms with Crippen LogP contribution in [0, 0.1) is 0 Å². The zero-order chi connectivity index (χ0) is 14.4. The Bertz CT molecular complexity index is 565. The van der Waals surface area contributed by atoms with E-state index in [-0.39, 0.29) is 0 Å². The standard InChI is InChI=1S/C14H17BrN4S/c1-2-11-3-5-13(6-4-11)18-14(20)16-7-8-19-10-12(15)9-17-19/h3-6,9-10H,2,7-8H2,1H3,(H2,16,18,20). The van der Waals surface area contributed by atoms with Gasteiger partial charge in [0.15, 0.2) is 5.11 Å². The lowest BCUT2D eigenvalue weighted by atomic mass is 10.1. The molecule has 0 bridgehead atoms. The second-order valence-electron chi connectivity index (χ2n) is 4.35. The fourth-order valence-corrected chi connectivity index (χ4v) is 2.29. The largest absolute Gasteiger partial charge is 0.361 e. The average Bonchev–Trinajstić information content (AvgIpc) is 2.85. The normalized spacial score (nSPS) is 10.3. The number of hydrogen-bond acceptors (Lipinski definition) is 2. The van der Waals surface area contributed by atoms with E-state index in [0.717, 1.165) is 29.7 Å². The molecule has 1 aromatic carbocycles. The summed E-state index contributed by atoms with van der Waals surface area (Å²) in [4.78, 5) is 0. The third kappa shape index (κ3) is 4.61. The predicted octanol–water partition coefficient (Wildman–Crippen LogP) is 3.19. The Balaban J connectivity index is 1.74. The van der Waals surface area contributed by atoms with E-state index >= 15 is 0 Å². The van der Waals surface area contributed by atoms with Gasteiger partial charge < -0.3 is 10.6 Å². The number of benzene rings is 1. The molecular weight excluding hydrogens is 336 g/mol. The maximum absolute atomic E-state index is 5.26. The van der Waals surface area contributed by atoms with Gasteiger partial charge >= 0.3 is 0 Å². The smallest absolute Gasteiger partial charge is 0.170 e. The SMILES string of the molecule is CCc1ccc(NC(=S)NCCn2cc(Br)cn2)cc1. The molecule has 2 aromatic rings. The first-order valence-electron chi connectivity index (χ1n) is 6.49. The summed E-state index contributed by atoms with van der Waals surface area (Å²) in [5.41, 5.74) is 2.32. The first-order valence-corrected chi connectivity index (χ1v) is 7.69. The van der Waals surface area contributed by atoms with Gasteiger partial charge in [-0.2, -0.15) is 5.10 Å². The van der Waals surface area contributed by atoms with Crippen LogP contribution in [0.25, 0.3) is 0 Å². The van der Waals surface area contributed by atoms with Crippen LogP contribution in [0.5, 0.6) is 0 Å². The minimum absolute atomic E-state index is 0.625. The molecule has 1 aromatic heterocycles. The highest BCUT2D eigenvalue weighted by Crippen LogP contribution is 2.09. The molecule has 0 amide bonds. The fraction of sp³-hybridized carbons (Fsp3) is 0.286. The van der Waals surface area contributed by atoms with Crippen molar-refractivity contribution in [1.82, 2.24) is 15.1 Å². The predicted molar refractivity (Wildman–Crippen MR) is 90.0 cm³/mol. The van der Waals surface area contributed by atoms with Crippen LogP contribution in [-0.2, 0) is 13.0 Å². The molecule has 0 spiro atoms. The van der Waals surface area contributed by atoms with Crippen LogP contribution in [0.15, 0.2) is 41.1 Å². The monoisotopic (exact) mass is 352 g/mol. The van der Waals surface area contributed by atoms with Crippen molar-refractivity contribution in [1.29, 1.82) is 0 Å². The fourth-order valence-electron chi connectivity index (χ4n) is 1.74. The molecule has 0 unspecified atom stereocenters. The Morgan fingerprint density at radius 3 is 2.70 bits per heavy atom. The second kappa shape index (κ2) is 7.40. The first kappa shape index (κ1) is 15.0. The molecular formula is C14H17BrN4S. The zero-order valence-corrected chi connectivity index (χ0v) is 13.7. The Labute approximate surface area is 132 Å². The molecule has 20 heavy (non-hydrogen) atoms. The van der Waals surface area contributed by atoms with Gasteiger partial charge in [-0.1, -0.05) is 19.1 Å². The molecule has 0 radical (unpaired) electrons. The highest BCUT2D eigenvalue weighted by Gasteiger charge is 1.99. The van der Waals surface area contributed by atoms with Crippen molar-refractivity contribution in [3.8, 4) is 0 Å². The highest BCUT2D eigenvalue weighted by atomic mass is 79.9. The van der Waals surface area contributed by atoms with Gasteiger partial charge in [-0.25, -0.2) is 0 Å². The van der Waals surface area contributed by atoms with E-state index in [1.165, 1.54) is 5.56 Å². The van der Waals surface area contributed by atoms with Crippen molar-refractivity contribution in [3.05, 3.63) is 46.7 Å². The molecule has 0 saturated carbocycles. The zero-order valence-electron chi connectivity index (χ0n) is 11.3. The average molecular weight is 353 g/mol. The number of thiocarbonyl (C=S) groups is 1. The lowest BCUT2D eigenvalue weighted by Crippen LogP contribution is -2.31. The summed E-state index contributed by atoms with van der Waals surface area (Å²) in [6.45, 7) is 3.64. The van der Waals surface area contributed by atoms with Crippen LogP contribution in [0.4, 0.5) is 5.69 Å². The van der Waals surface area contributed by atoms with Gasteiger partial charge in [-0.3, -0.25) is 4.68 Å². The lowest BCUT2D eigenvalue weighted by molar-refractivity contribution is 0.604. The van der Waals surface area contributed by atoms with Crippen molar-refractivity contribution in [3.63, 3.8) is 0 Å². The lowest BCUT2D eigenvalue weighted by Gasteiger charge is -2.11. The molecule has 6 heteroatoms. The number of nitrogens with one attached hydrogen (secondary N) is 2. The maximum Gasteiger partial charge on any atom is 0.170 e. The Morgan fingerprint density at radius 1 is 1.35 bits per heavy atom. The summed E-state index contributed by atoms with van der Waals surface area (Å²) in [6.07, 6.45) is 4.75. The number of halogens is 1. The summed E-state index contributed by atoms with van der Waals surface area (Å²) < 4.78 is 2.84. The van der Waals surface area contributed by atoms with Crippen LogP contribution in [-0.4, -0.2) is 21.4 Å². The van der Waals surface area contributed by atoms with Gasteiger partial charge in [0.1, 0.15) is 0 Å². The molecule has 0 aliphatic heterocycles. The molecule has 0 atom stereocenters.